The smallest absolute Gasteiger partial charge is 0.343 e. The zero-order chi connectivity index (χ0) is 23.8. The van der Waals surface area contributed by atoms with E-state index in [1.807, 2.05) is 6.07 Å². The fraction of sp³-hybridized carbons (Fsp3) is 0.0400. The average Bonchev–Trinajstić information content (AvgIpc) is 2.83. The van der Waals surface area contributed by atoms with E-state index in [9.17, 15) is 19.6 Å². The molecule has 0 spiro atoms. The van der Waals surface area contributed by atoms with Crippen molar-refractivity contribution in [2.45, 2.75) is 0 Å². The molecule has 8 heteroatoms. The third kappa shape index (κ3) is 5.83. The molecule has 0 heterocycles. The second-order valence-corrected chi connectivity index (χ2v) is 6.66. The maximum absolute atomic E-state index is 12.5. The fourth-order valence-corrected chi connectivity index (χ4v) is 2.78. The van der Waals surface area contributed by atoms with Gasteiger partial charge in [0.05, 0.1) is 18.2 Å². The Labute approximate surface area is 189 Å². The maximum Gasteiger partial charge on any atom is 0.343 e. The van der Waals surface area contributed by atoms with Crippen LogP contribution in [-0.2, 0) is 4.79 Å². The lowest BCUT2D eigenvalue weighted by molar-refractivity contribution is -0.112. The van der Waals surface area contributed by atoms with Crippen LogP contribution < -0.4 is 14.8 Å². The summed E-state index contributed by atoms with van der Waals surface area (Å²) >= 11 is 0. The van der Waals surface area contributed by atoms with E-state index in [0.29, 0.717) is 22.6 Å². The number of ether oxygens (including phenoxy) is 2. The number of nitrogens with zero attached hydrogens (tertiary/aromatic N) is 1. The Morgan fingerprint density at radius 2 is 1.58 bits per heavy atom. The van der Waals surface area contributed by atoms with Crippen molar-refractivity contribution in [3.63, 3.8) is 0 Å². The molecule has 164 valence electrons. The highest BCUT2D eigenvalue weighted by Gasteiger charge is 2.14. The first-order valence-corrected chi connectivity index (χ1v) is 9.63. The van der Waals surface area contributed by atoms with Gasteiger partial charge < -0.3 is 19.9 Å². The summed E-state index contributed by atoms with van der Waals surface area (Å²) in [7, 11) is 1.52. The summed E-state index contributed by atoms with van der Waals surface area (Å²) < 4.78 is 10.5. The lowest BCUT2D eigenvalue weighted by Gasteiger charge is -2.09. The summed E-state index contributed by atoms with van der Waals surface area (Å²) in [5.74, 6) is -1.63. The van der Waals surface area contributed by atoms with Crippen LogP contribution in [0.25, 0.3) is 6.08 Å². The van der Waals surface area contributed by atoms with E-state index in [4.69, 9.17) is 14.6 Å². The molecule has 3 rings (SSSR count). The van der Waals surface area contributed by atoms with Crippen LogP contribution in [0.1, 0.15) is 26.3 Å². The van der Waals surface area contributed by atoms with Crippen molar-refractivity contribution in [2.24, 2.45) is 0 Å². The number of para-hydroxylation sites is 1. The van der Waals surface area contributed by atoms with Gasteiger partial charge in [-0.2, -0.15) is 5.26 Å². The highest BCUT2D eigenvalue weighted by Crippen LogP contribution is 2.23. The number of carboxylic acids is 1. The molecule has 1 amide bonds. The minimum absolute atomic E-state index is 0.0663. The van der Waals surface area contributed by atoms with Crippen LogP contribution in [0.2, 0.25) is 0 Å². The molecule has 0 unspecified atom stereocenters. The Morgan fingerprint density at radius 3 is 2.18 bits per heavy atom. The number of hydrogen-bond acceptors (Lipinski definition) is 6. The van der Waals surface area contributed by atoms with Crippen molar-refractivity contribution in [3.05, 3.63) is 95.1 Å². The van der Waals surface area contributed by atoms with Crippen molar-refractivity contribution in [2.75, 3.05) is 12.4 Å². The van der Waals surface area contributed by atoms with Crippen molar-refractivity contribution in [1.29, 1.82) is 5.26 Å². The van der Waals surface area contributed by atoms with Gasteiger partial charge in [0.2, 0.25) is 0 Å². The van der Waals surface area contributed by atoms with Gasteiger partial charge in [-0.05, 0) is 60.7 Å². The maximum atomic E-state index is 12.5. The number of carbonyl (C=O) groups excluding carboxylic acids is 2. The molecule has 3 aromatic carbocycles. The van der Waals surface area contributed by atoms with E-state index in [2.05, 4.69) is 5.32 Å². The Hall–Kier alpha value is -4.90. The fourth-order valence-electron chi connectivity index (χ4n) is 2.78. The number of aromatic carboxylic acids is 1. The monoisotopic (exact) mass is 442 g/mol. The Morgan fingerprint density at radius 1 is 0.939 bits per heavy atom. The lowest BCUT2D eigenvalue weighted by atomic mass is 10.1. The molecule has 0 aromatic heterocycles. The number of carboxylic acid groups (broad SMARTS) is 1. The van der Waals surface area contributed by atoms with Gasteiger partial charge in [-0.3, -0.25) is 4.79 Å². The Bertz CT molecular complexity index is 1260. The number of nitrogens with one attached hydrogen (secondary N) is 1. The molecule has 2 N–H and O–H groups in total. The van der Waals surface area contributed by atoms with Crippen LogP contribution in [0, 0.1) is 11.3 Å². The number of esters is 1. The summed E-state index contributed by atoms with van der Waals surface area (Å²) in [6.07, 6.45) is 1.30. The summed E-state index contributed by atoms with van der Waals surface area (Å²) in [5, 5.41) is 21.0. The molecule has 0 aliphatic rings. The van der Waals surface area contributed by atoms with E-state index in [1.165, 1.54) is 37.5 Å². The lowest BCUT2D eigenvalue weighted by Crippen LogP contribution is -2.14. The van der Waals surface area contributed by atoms with Gasteiger partial charge in [-0.15, -0.1) is 0 Å². The Kier molecular flexibility index (Phi) is 7.19. The summed E-state index contributed by atoms with van der Waals surface area (Å²) in [5.41, 5.74) is 0.817. The number of rotatable bonds is 7. The summed E-state index contributed by atoms with van der Waals surface area (Å²) in [6.45, 7) is 0. The van der Waals surface area contributed by atoms with Crippen LogP contribution in [0.15, 0.2) is 78.4 Å². The second-order valence-electron chi connectivity index (χ2n) is 6.66. The van der Waals surface area contributed by atoms with Gasteiger partial charge in [0.25, 0.3) is 5.91 Å². The first-order valence-electron chi connectivity index (χ1n) is 9.63. The predicted molar refractivity (Wildman–Crippen MR) is 120 cm³/mol. The third-order valence-corrected chi connectivity index (χ3v) is 4.50. The van der Waals surface area contributed by atoms with Gasteiger partial charge in [0.1, 0.15) is 23.1 Å². The summed E-state index contributed by atoms with van der Waals surface area (Å²) in [6, 6.07) is 20.2. The zero-order valence-electron chi connectivity index (χ0n) is 17.4. The van der Waals surface area contributed by atoms with Crippen molar-refractivity contribution < 1.29 is 29.0 Å². The number of carbonyl (C=O) groups is 3. The minimum Gasteiger partial charge on any atom is -0.497 e. The van der Waals surface area contributed by atoms with Crippen LogP contribution in [0.3, 0.4) is 0 Å². The van der Waals surface area contributed by atoms with Crippen LogP contribution >= 0.6 is 0 Å². The highest BCUT2D eigenvalue weighted by molar-refractivity contribution is 6.10. The van der Waals surface area contributed by atoms with Crippen LogP contribution in [0.5, 0.6) is 11.5 Å². The molecule has 0 aliphatic carbocycles. The SMILES string of the molecule is COc1ccc(C(=O)Oc2ccccc2/C=C(\C#N)C(=O)Nc2ccc(C(=O)O)cc2)cc1. The van der Waals surface area contributed by atoms with Crippen LogP contribution in [-0.4, -0.2) is 30.1 Å². The highest BCUT2D eigenvalue weighted by atomic mass is 16.5. The number of benzene rings is 3. The molecule has 0 saturated heterocycles. The van der Waals surface area contributed by atoms with Crippen molar-refractivity contribution >= 4 is 29.6 Å². The zero-order valence-corrected chi connectivity index (χ0v) is 17.4. The van der Waals surface area contributed by atoms with Crippen molar-refractivity contribution in [3.8, 4) is 17.6 Å². The van der Waals surface area contributed by atoms with Gasteiger partial charge in [0.15, 0.2) is 0 Å². The number of hydrogen-bond donors (Lipinski definition) is 2. The number of amides is 1. The van der Waals surface area contributed by atoms with Gasteiger partial charge >= 0.3 is 11.9 Å². The molecule has 0 bridgehead atoms. The number of nitriles is 1. The molecule has 0 fully saturated rings. The van der Waals surface area contributed by atoms with E-state index < -0.39 is 17.8 Å². The van der Waals surface area contributed by atoms with Gasteiger partial charge in [-0.1, -0.05) is 18.2 Å². The first kappa shape index (κ1) is 22.8. The quantitative estimate of drug-likeness (QED) is 0.244. The largest absolute Gasteiger partial charge is 0.497 e. The van der Waals surface area contributed by atoms with Gasteiger partial charge in [-0.25, -0.2) is 9.59 Å². The number of anilines is 1. The average molecular weight is 442 g/mol. The first-order chi connectivity index (χ1) is 15.9. The molecular formula is C25H18N2O6. The van der Waals surface area contributed by atoms with Crippen LogP contribution in [0.4, 0.5) is 5.69 Å². The number of methoxy groups -OCH3 is 1. The molecule has 3 aromatic rings. The van der Waals surface area contributed by atoms with Gasteiger partial charge in [0, 0.05) is 11.3 Å². The molecular weight excluding hydrogens is 424 g/mol. The summed E-state index contributed by atoms with van der Waals surface area (Å²) in [4.78, 5) is 36.0. The molecule has 0 saturated carbocycles. The third-order valence-electron chi connectivity index (χ3n) is 4.50. The Balaban J connectivity index is 1.79. The second kappa shape index (κ2) is 10.4. The normalized spacial score (nSPS) is 10.6. The standard InChI is InChI=1S/C25H18N2O6/c1-32-21-12-8-17(9-13-21)25(31)33-22-5-3-2-4-18(22)14-19(15-26)23(28)27-20-10-6-16(7-11-20)24(29)30/h2-14H,1H3,(H,27,28)(H,29,30)/b19-14+. The molecule has 0 radical (unpaired) electrons. The molecule has 0 aliphatic heterocycles. The topological polar surface area (TPSA) is 126 Å². The van der Waals surface area contributed by atoms with E-state index in [-0.39, 0.29) is 16.9 Å². The molecule has 33 heavy (non-hydrogen) atoms. The van der Waals surface area contributed by atoms with E-state index in [0.717, 1.165) is 0 Å². The van der Waals surface area contributed by atoms with E-state index in [1.54, 1.807) is 48.5 Å². The van der Waals surface area contributed by atoms with Crippen molar-refractivity contribution in [1.82, 2.24) is 0 Å². The predicted octanol–water partition coefficient (Wildman–Crippen LogP) is 4.16. The molecule has 0 atom stereocenters. The van der Waals surface area contributed by atoms with E-state index >= 15 is 0 Å². The molecule has 8 nitrogen and oxygen atoms in total. The minimum atomic E-state index is -1.09.